The molecule has 3 heterocycles. The van der Waals surface area contributed by atoms with E-state index < -0.39 is 0 Å². The van der Waals surface area contributed by atoms with E-state index in [9.17, 15) is 4.79 Å². The number of hydrogen-bond donors (Lipinski definition) is 1. The molecule has 1 aliphatic carbocycles. The van der Waals surface area contributed by atoms with E-state index in [0.29, 0.717) is 23.5 Å². The first kappa shape index (κ1) is 17.6. The summed E-state index contributed by atoms with van der Waals surface area (Å²) in [7, 11) is 2.17. The van der Waals surface area contributed by atoms with Crippen LogP contribution in [-0.4, -0.2) is 62.8 Å². The molecule has 1 unspecified atom stereocenters. The first-order chi connectivity index (χ1) is 13.7. The van der Waals surface area contributed by atoms with Crippen molar-refractivity contribution in [3.63, 3.8) is 0 Å². The van der Waals surface area contributed by atoms with E-state index in [1.165, 1.54) is 12.8 Å². The highest BCUT2D eigenvalue weighted by atomic mass is 16.1. The lowest BCUT2D eigenvalue weighted by Gasteiger charge is -2.38. The number of H-pyrrole nitrogens is 1. The van der Waals surface area contributed by atoms with Crippen molar-refractivity contribution in [1.82, 2.24) is 29.5 Å². The van der Waals surface area contributed by atoms with Gasteiger partial charge in [0.05, 0.1) is 18.8 Å². The molecule has 1 saturated heterocycles. The molecular weight excluding hydrogens is 352 g/mol. The monoisotopic (exact) mass is 378 g/mol. The number of aromatic amines is 1. The van der Waals surface area contributed by atoms with E-state index in [1.807, 2.05) is 22.8 Å². The van der Waals surface area contributed by atoms with Gasteiger partial charge in [0.2, 0.25) is 0 Å². The number of likely N-dealkylation sites (N-methyl/N-ethyl adjacent to an activating group) is 1. The summed E-state index contributed by atoms with van der Waals surface area (Å²) in [6.45, 7) is 4.68. The Kier molecular flexibility index (Phi) is 4.49. The maximum absolute atomic E-state index is 13.3. The molecule has 2 aromatic heterocycles. The third-order valence-electron chi connectivity index (χ3n) is 6.05. The topological polar surface area (TPSA) is 70.1 Å². The summed E-state index contributed by atoms with van der Waals surface area (Å²) >= 11 is 0. The van der Waals surface area contributed by atoms with Gasteiger partial charge in [0, 0.05) is 26.2 Å². The van der Waals surface area contributed by atoms with Gasteiger partial charge >= 0.3 is 0 Å². The first-order valence-corrected chi connectivity index (χ1v) is 10.1. The molecule has 5 rings (SSSR count). The van der Waals surface area contributed by atoms with Crippen LogP contribution in [0.15, 0.2) is 41.3 Å². The van der Waals surface area contributed by atoms with Crippen molar-refractivity contribution >= 4 is 11.0 Å². The normalized spacial score (nSPS) is 19.9. The molecule has 0 radical (unpaired) electrons. The Hall–Kier alpha value is -2.51. The molecule has 0 amide bonds. The number of aromatic nitrogens is 4. The summed E-state index contributed by atoms with van der Waals surface area (Å²) in [5, 5.41) is 7.55. The quantitative estimate of drug-likeness (QED) is 0.734. The van der Waals surface area contributed by atoms with Crippen LogP contribution >= 0.6 is 0 Å². The molecule has 1 aliphatic heterocycles. The Morgan fingerprint density at radius 1 is 1.14 bits per heavy atom. The van der Waals surface area contributed by atoms with Crippen molar-refractivity contribution in [3.8, 4) is 0 Å². The zero-order valence-corrected chi connectivity index (χ0v) is 16.2. The van der Waals surface area contributed by atoms with Gasteiger partial charge in [-0.1, -0.05) is 30.3 Å². The standard InChI is InChI=1S/C21H26N6O/c1-25-9-11-26(12-10-25)18(16-7-8-16)20-23-19-17(13-22-24-19)21(28)27(20)14-15-5-3-2-4-6-15/h2-6,13,16,18H,7-12,14H2,1H3,(H,22,24). The minimum atomic E-state index is -0.00243. The number of benzene rings is 1. The maximum atomic E-state index is 13.3. The van der Waals surface area contributed by atoms with Crippen molar-refractivity contribution in [2.75, 3.05) is 33.2 Å². The van der Waals surface area contributed by atoms with Crippen molar-refractivity contribution in [3.05, 3.63) is 58.3 Å². The Morgan fingerprint density at radius 2 is 1.89 bits per heavy atom. The second-order valence-corrected chi connectivity index (χ2v) is 8.10. The first-order valence-electron chi connectivity index (χ1n) is 10.1. The van der Waals surface area contributed by atoms with E-state index in [-0.39, 0.29) is 11.6 Å². The molecule has 1 atom stereocenters. The molecule has 7 nitrogen and oxygen atoms in total. The smallest absolute Gasteiger partial charge is 0.265 e. The number of rotatable bonds is 5. The predicted octanol–water partition coefficient (Wildman–Crippen LogP) is 1.87. The van der Waals surface area contributed by atoms with Crippen LogP contribution in [0.5, 0.6) is 0 Å². The molecule has 1 N–H and O–H groups in total. The summed E-state index contributed by atoms with van der Waals surface area (Å²) in [4.78, 5) is 23.2. The minimum absolute atomic E-state index is 0.00243. The Bertz CT molecular complexity index is 1010. The summed E-state index contributed by atoms with van der Waals surface area (Å²) in [5.74, 6) is 1.47. The zero-order valence-electron chi connectivity index (χ0n) is 16.2. The third kappa shape index (κ3) is 3.25. The van der Waals surface area contributed by atoms with Crippen molar-refractivity contribution in [2.45, 2.75) is 25.4 Å². The summed E-state index contributed by atoms with van der Waals surface area (Å²) < 4.78 is 1.88. The average molecular weight is 378 g/mol. The van der Waals surface area contributed by atoms with Crippen LogP contribution in [-0.2, 0) is 6.54 Å². The SMILES string of the molecule is CN1CCN(C(c2nc3[nH]ncc3c(=O)n2Cc2ccccc2)C2CC2)CC1. The van der Waals surface area contributed by atoms with Crippen LogP contribution in [0.4, 0.5) is 0 Å². The van der Waals surface area contributed by atoms with E-state index >= 15 is 0 Å². The zero-order chi connectivity index (χ0) is 19.1. The lowest BCUT2D eigenvalue weighted by atomic mass is 10.1. The fraction of sp³-hybridized carbons (Fsp3) is 0.476. The molecule has 7 heteroatoms. The Balaban J connectivity index is 1.62. The number of fused-ring (bicyclic) bond motifs is 1. The van der Waals surface area contributed by atoms with Gasteiger partial charge in [-0.05, 0) is 31.4 Å². The van der Waals surface area contributed by atoms with Gasteiger partial charge in [-0.3, -0.25) is 19.4 Å². The van der Waals surface area contributed by atoms with E-state index in [0.717, 1.165) is 37.6 Å². The van der Waals surface area contributed by atoms with Gasteiger partial charge in [-0.15, -0.1) is 0 Å². The fourth-order valence-electron chi connectivity index (χ4n) is 4.27. The number of hydrogen-bond acceptors (Lipinski definition) is 5. The van der Waals surface area contributed by atoms with Crippen LogP contribution in [0.3, 0.4) is 0 Å². The van der Waals surface area contributed by atoms with Gasteiger partial charge < -0.3 is 4.90 Å². The van der Waals surface area contributed by atoms with Gasteiger partial charge in [0.1, 0.15) is 11.2 Å². The fourth-order valence-corrected chi connectivity index (χ4v) is 4.27. The highest BCUT2D eigenvalue weighted by Crippen LogP contribution is 2.44. The Labute approximate surface area is 164 Å². The van der Waals surface area contributed by atoms with Crippen LogP contribution in [0.1, 0.15) is 30.3 Å². The van der Waals surface area contributed by atoms with Gasteiger partial charge in [-0.25, -0.2) is 4.98 Å². The van der Waals surface area contributed by atoms with Crippen LogP contribution in [0.2, 0.25) is 0 Å². The molecule has 0 spiro atoms. The summed E-state index contributed by atoms with van der Waals surface area (Å²) in [5.41, 5.74) is 1.71. The lowest BCUT2D eigenvalue weighted by molar-refractivity contribution is 0.0937. The summed E-state index contributed by atoms with van der Waals surface area (Å²) in [6.07, 6.45) is 4.01. The van der Waals surface area contributed by atoms with Crippen LogP contribution in [0, 0.1) is 5.92 Å². The van der Waals surface area contributed by atoms with Gasteiger partial charge in [-0.2, -0.15) is 5.10 Å². The second-order valence-electron chi connectivity index (χ2n) is 8.10. The number of nitrogens with zero attached hydrogens (tertiary/aromatic N) is 5. The second kappa shape index (κ2) is 7.14. The molecule has 3 aromatic rings. The predicted molar refractivity (Wildman–Crippen MR) is 108 cm³/mol. The average Bonchev–Trinajstić information content (AvgIpc) is 3.43. The maximum Gasteiger partial charge on any atom is 0.265 e. The molecule has 2 aliphatic rings. The lowest BCUT2D eigenvalue weighted by Crippen LogP contribution is -2.47. The largest absolute Gasteiger partial charge is 0.304 e. The molecule has 28 heavy (non-hydrogen) atoms. The van der Waals surface area contributed by atoms with Gasteiger partial charge in [0.25, 0.3) is 5.56 Å². The highest BCUT2D eigenvalue weighted by molar-refractivity contribution is 5.72. The number of piperazine rings is 1. The molecule has 1 saturated carbocycles. The molecule has 0 bridgehead atoms. The van der Waals surface area contributed by atoms with Gasteiger partial charge in [0.15, 0.2) is 5.65 Å². The molecule has 146 valence electrons. The third-order valence-corrected chi connectivity index (χ3v) is 6.05. The van der Waals surface area contributed by atoms with Crippen LogP contribution in [0.25, 0.3) is 11.0 Å². The van der Waals surface area contributed by atoms with Crippen molar-refractivity contribution in [2.24, 2.45) is 5.92 Å². The number of nitrogens with one attached hydrogen (secondary N) is 1. The van der Waals surface area contributed by atoms with Crippen molar-refractivity contribution in [1.29, 1.82) is 0 Å². The molecular formula is C21H26N6O. The van der Waals surface area contributed by atoms with E-state index in [2.05, 4.69) is 39.2 Å². The van der Waals surface area contributed by atoms with E-state index in [1.54, 1.807) is 6.20 Å². The summed E-state index contributed by atoms with van der Waals surface area (Å²) in [6, 6.07) is 10.4. The van der Waals surface area contributed by atoms with Crippen molar-refractivity contribution < 1.29 is 0 Å². The molecule has 1 aromatic carbocycles. The molecule has 2 fully saturated rings. The van der Waals surface area contributed by atoms with E-state index in [4.69, 9.17) is 4.98 Å². The van der Waals surface area contributed by atoms with Crippen LogP contribution < -0.4 is 5.56 Å². The Morgan fingerprint density at radius 3 is 2.61 bits per heavy atom. The highest BCUT2D eigenvalue weighted by Gasteiger charge is 2.40. The minimum Gasteiger partial charge on any atom is -0.304 e.